The van der Waals surface area contributed by atoms with Gasteiger partial charge in [-0.25, -0.2) is 4.79 Å². The monoisotopic (exact) mass is 355 g/mol. The van der Waals surface area contributed by atoms with Crippen LogP contribution in [-0.4, -0.2) is 35.2 Å². The van der Waals surface area contributed by atoms with Crippen molar-refractivity contribution in [3.8, 4) is 0 Å². The number of carboxylic acids is 1. The van der Waals surface area contributed by atoms with E-state index in [1.807, 2.05) is 39.0 Å². The van der Waals surface area contributed by atoms with E-state index in [4.69, 9.17) is 16.3 Å². The highest BCUT2D eigenvalue weighted by Gasteiger charge is 2.24. The molecule has 0 spiro atoms. The second-order valence-corrected chi connectivity index (χ2v) is 7.25. The molecule has 0 aliphatic carbocycles. The number of aliphatic carboxylic acids is 1. The molecule has 1 amide bonds. The van der Waals surface area contributed by atoms with Gasteiger partial charge < -0.3 is 15.2 Å². The summed E-state index contributed by atoms with van der Waals surface area (Å²) in [6.07, 6.45) is 0.674. The zero-order valence-electron chi connectivity index (χ0n) is 14.6. The van der Waals surface area contributed by atoms with Crippen LogP contribution >= 0.6 is 11.6 Å². The number of carbonyl (C=O) groups is 2. The second kappa shape index (κ2) is 9.04. The van der Waals surface area contributed by atoms with Crippen LogP contribution in [0.25, 0.3) is 0 Å². The first kappa shape index (κ1) is 20.5. The molecular weight excluding hydrogens is 330 g/mol. The van der Waals surface area contributed by atoms with Gasteiger partial charge in [-0.1, -0.05) is 36.7 Å². The Morgan fingerprint density at radius 2 is 1.92 bits per heavy atom. The number of nitrogens with one attached hydrogen (secondary N) is 1. The smallest absolute Gasteiger partial charge is 0.326 e. The maximum atomic E-state index is 12.3. The van der Waals surface area contributed by atoms with Gasteiger partial charge in [-0.15, -0.1) is 0 Å². The third kappa shape index (κ3) is 7.32. The summed E-state index contributed by atoms with van der Waals surface area (Å²) in [7, 11) is 0. The quantitative estimate of drug-likeness (QED) is 0.750. The zero-order chi connectivity index (χ0) is 18.3. The van der Waals surface area contributed by atoms with Gasteiger partial charge in [0.2, 0.25) is 5.91 Å². The molecule has 0 aromatic heterocycles. The molecule has 2 atom stereocenters. The summed E-state index contributed by atoms with van der Waals surface area (Å²) in [4.78, 5) is 23.6. The number of hydrogen-bond donors (Lipinski definition) is 2. The number of carbonyl (C=O) groups excluding carboxylic acids is 1. The van der Waals surface area contributed by atoms with Crippen molar-refractivity contribution in [2.75, 3.05) is 6.61 Å². The largest absolute Gasteiger partial charge is 0.480 e. The van der Waals surface area contributed by atoms with E-state index in [-0.39, 0.29) is 30.5 Å². The predicted molar refractivity (Wildman–Crippen MR) is 94.2 cm³/mol. The Balaban J connectivity index is 2.58. The van der Waals surface area contributed by atoms with Crippen LogP contribution in [0.1, 0.15) is 39.7 Å². The van der Waals surface area contributed by atoms with Gasteiger partial charge in [0, 0.05) is 24.0 Å². The minimum Gasteiger partial charge on any atom is -0.480 e. The molecule has 2 N–H and O–H groups in total. The summed E-state index contributed by atoms with van der Waals surface area (Å²) >= 11 is 6.10. The summed E-state index contributed by atoms with van der Waals surface area (Å²) in [5.74, 6) is -1.75. The summed E-state index contributed by atoms with van der Waals surface area (Å²) in [6.45, 7) is 7.70. The average molecular weight is 356 g/mol. The van der Waals surface area contributed by atoms with Crippen molar-refractivity contribution in [1.29, 1.82) is 0 Å². The normalized spacial score (nSPS) is 14.0. The van der Waals surface area contributed by atoms with Gasteiger partial charge in [0.1, 0.15) is 6.04 Å². The van der Waals surface area contributed by atoms with Gasteiger partial charge in [0.05, 0.1) is 5.60 Å². The molecule has 1 aromatic rings. The van der Waals surface area contributed by atoms with Crippen molar-refractivity contribution >= 4 is 23.5 Å². The number of rotatable bonds is 8. The minimum atomic E-state index is -1.06. The Kier molecular flexibility index (Phi) is 7.70. The van der Waals surface area contributed by atoms with E-state index in [0.717, 1.165) is 5.56 Å². The molecule has 0 radical (unpaired) electrons. The van der Waals surface area contributed by atoms with Gasteiger partial charge in [0.25, 0.3) is 0 Å². The van der Waals surface area contributed by atoms with E-state index in [0.29, 0.717) is 11.4 Å². The lowest BCUT2D eigenvalue weighted by Crippen LogP contribution is -2.44. The summed E-state index contributed by atoms with van der Waals surface area (Å²) < 4.78 is 5.53. The van der Waals surface area contributed by atoms with Crippen LogP contribution in [-0.2, 0) is 20.7 Å². The van der Waals surface area contributed by atoms with Crippen LogP contribution in [0, 0.1) is 5.92 Å². The summed E-state index contributed by atoms with van der Waals surface area (Å²) in [6, 6.07) is 6.35. The number of hydrogen-bond acceptors (Lipinski definition) is 3. The van der Waals surface area contributed by atoms with Crippen molar-refractivity contribution in [3.05, 3.63) is 34.9 Å². The van der Waals surface area contributed by atoms with Crippen molar-refractivity contribution in [3.63, 3.8) is 0 Å². The molecule has 1 aromatic carbocycles. The van der Waals surface area contributed by atoms with Crippen LogP contribution in [0.2, 0.25) is 5.02 Å². The van der Waals surface area contributed by atoms with Crippen LogP contribution in [0.5, 0.6) is 0 Å². The lowest BCUT2D eigenvalue weighted by Gasteiger charge is -2.22. The fraction of sp³-hybridized carbons (Fsp3) is 0.556. The molecule has 0 heterocycles. The Morgan fingerprint density at radius 3 is 2.46 bits per heavy atom. The van der Waals surface area contributed by atoms with E-state index in [1.165, 1.54) is 0 Å². The van der Waals surface area contributed by atoms with Gasteiger partial charge in [0.15, 0.2) is 0 Å². The van der Waals surface area contributed by atoms with Crippen LogP contribution in [0.15, 0.2) is 24.3 Å². The molecule has 0 saturated carbocycles. The molecule has 1 rings (SSSR count). The lowest BCUT2D eigenvalue weighted by molar-refractivity contribution is -0.143. The lowest BCUT2D eigenvalue weighted by atomic mass is 10.00. The number of halogens is 1. The number of benzene rings is 1. The molecule has 6 heteroatoms. The maximum absolute atomic E-state index is 12.3. The third-order valence-corrected chi connectivity index (χ3v) is 3.86. The van der Waals surface area contributed by atoms with Crippen molar-refractivity contribution in [2.24, 2.45) is 5.92 Å². The van der Waals surface area contributed by atoms with Gasteiger partial charge in [-0.3, -0.25) is 4.79 Å². The number of ether oxygens (including phenoxy) is 1. The first-order valence-corrected chi connectivity index (χ1v) is 8.38. The van der Waals surface area contributed by atoms with Crippen LogP contribution in [0.4, 0.5) is 0 Å². The predicted octanol–water partition coefficient (Wildman–Crippen LogP) is 3.29. The number of amides is 1. The second-order valence-electron chi connectivity index (χ2n) is 6.85. The molecule has 134 valence electrons. The molecule has 0 saturated heterocycles. The molecule has 2 unspecified atom stereocenters. The Hall–Kier alpha value is -1.59. The average Bonchev–Trinajstić information content (AvgIpc) is 2.47. The topological polar surface area (TPSA) is 75.6 Å². The molecular formula is C18H26ClNO4. The molecule has 0 fully saturated rings. The Labute approximate surface area is 148 Å². The maximum Gasteiger partial charge on any atom is 0.326 e. The van der Waals surface area contributed by atoms with E-state index in [2.05, 4.69) is 5.32 Å². The molecule has 24 heavy (non-hydrogen) atoms. The van der Waals surface area contributed by atoms with E-state index in [1.54, 1.807) is 13.0 Å². The van der Waals surface area contributed by atoms with E-state index < -0.39 is 12.0 Å². The van der Waals surface area contributed by atoms with E-state index in [9.17, 15) is 14.7 Å². The van der Waals surface area contributed by atoms with Crippen LogP contribution < -0.4 is 5.32 Å². The van der Waals surface area contributed by atoms with E-state index >= 15 is 0 Å². The standard InChI is InChI=1S/C18H26ClNO4/c1-12(11-13-7-5-6-8-14(13)19)16(21)20-15(17(22)23)9-10-24-18(2,3)4/h5-8,12,15H,9-11H2,1-4H3,(H,20,21)(H,22,23). The first-order valence-electron chi connectivity index (χ1n) is 8.00. The molecule has 0 aliphatic rings. The minimum absolute atomic E-state index is 0.219. The molecule has 5 nitrogen and oxygen atoms in total. The zero-order valence-corrected chi connectivity index (χ0v) is 15.4. The Bertz CT molecular complexity index is 568. The third-order valence-electron chi connectivity index (χ3n) is 3.49. The van der Waals surface area contributed by atoms with Gasteiger partial charge >= 0.3 is 5.97 Å². The molecule has 0 bridgehead atoms. The van der Waals surface area contributed by atoms with Gasteiger partial charge in [-0.2, -0.15) is 0 Å². The highest BCUT2D eigenvalue weighted by molar-refractivity contribution is 6.31. The SMILES string of the molecule is CC(Cc1ccccc1Cl)C(=O)NC(CCOC(C)(C)C)C(=O)O. The van der Waals surface area contributed by atoms with Crippen molar-refractivity contribution in [2.45, 2.75) is 52.2 Å². The fourth-order valence-electron chi connectivity index (χ4n) is 2.14. The van der Waals surface area contributed by atoms with Gasteiger partial charge in [-0.05, 0) is 38.8 Å². The van der Waals surface area contributed by atoms with Crippen molar-refractivity contribution < 1.29 is 19.4 Å². The van der Waals surface area contributed by atoms with Crippen molar-refractivity contribution in [1.82, 2.24) is 5.32 Å². The highest BCUT2D eigenvalue weighted by atomic mass is 35.5. The summed E-state index contributed by atoms with van der Waals surface area (Å²) in [5, 5.41) is 12.5. The summed E-state index contributed by atoms with van der Waals surface area (Å²) in [5.41, 5.74) is 0.523. The number of carboxylic acid groups (broad SMARTS) is 1. The highest BCUT2D eigenvalue weighted by Crippen LogP contribution is 2.19. The van der Waals surface area contributed by atoms with Crippen LogP contribution in [0.3, 0.4) is 0 Å². The first-order chi connectivity index (χ1) is 11.1. The Morgan fingerprint density at radius 1 is 1.29 bits per heavy atom. The fourth-order valence-corrected chi connectivity index (χ4v) is 2.35. The molecule has 0 aliphatic heterocycles.